The first kappa shape index (κ1) is 25.2. The molecule has 0 saturated carbocycles. The van der Waals surface area contributed by atoms with Gasteiger partial charge in [-0.25, -0.2) is 0 Å². The summed E-state index contributed by atoms with van der Waals surface area (Å²) in [6.45, 7) is 4.21. The molecule has 1 N–H and O–H groups in total. The first-order chi connectivity index (χ1) is 15.2. The van der Waals surface area contributed by atoms with Gasteiger partial charge in [-0.3, -0.25) is 4.79 Å². The highest BCUT2D eigenvalue weighted by Gasteiger charge is 2.43. The molecule has 0 aromatic heterocycles. The van der Waals surface area contributed by atoms with E-state index in [9.17, 15) is 18.0 Å². The molecule has 33 heavy (non-hydrogen) atoms. The molecule has 180 valence electrons. The van der Waals surface area contributed by atoms with Crippen LogP contribution in [0.15, 0.2) is 42.5 Å². The van der Waals surface area contributed by atoms with Gasteiger partial charge in [0.15, 0.2) is 0 Å². The van der Waals surface area contributed by atoms with E-state index < -0.39 is 23.6 Å². The molecule has 9 heteroatoms. The molecule has 0 amide bonds. The van der Waals surface area contributed by atoms with E-state index in [-0.39, 0.29) is 30.0 Å². The minimum absolute atomic E-state index is 0. The number of hydrogen-bond donors (Lipinski definition) is 1. The van der Waals surface area contributed by atoms with Gasteiger partial charge >= 0.3 is 12.1 Å². The first-order valence-electron chi connectivity index (χ1n) is 10.7. The lowest BCUT2D eigenvalue weighted by Crippen LogP contribution is -2.45. The molecule has 2 aliphatic heterocycles. The van der Waals surface area contributed by atoms with Gasteiger partial charge in [-0.1, -0.05) is 31.2 Å². The van der Waals surface area contributed by atoms with Gasteiger partial charge in [0.05, 0.1) is 18.1 Å². The van der Waals surface area contributed by atoms with E-state index in [1.807, 2.05) is 6.07 Å². The van der Waals surface area contributed by atoms with Gasteiger partial charge in [-0.05, 0) is 38.1 Å². The number of piperidine rings is 1. The predicted molar refractivity (Wildman–Crippen MR) is 119 cm³/mol. The number of carboxylic acid groups (broad SMARTS) is 1. The maximum atomic E-state index is 13.2. The van der Waals surface area contributed by atoms with Crippen molar-refractivity contribution in [1.82, 2.24) is 4.90 Å². The van der Waals surface area contributed by atoms with Crippen LogP contribution < -0.4 is 9.47 Å². The van der Waals surface area contributed by atoms with Crippen LogP contribution in [0.3, 0.4) is 0 Å². The van der Waals surface area contributed by atoms with Gasteiger partial charge in [0.2, 0.25) is 0 Å². The van der Waals surface area contributed by atoms with Crippen LogP contribution in [0.25, 0.3) is 0 Å². The summed E-state index contributed by atoms with van der Waals surface area (Å²) in [5, 5.41) is 9.13. The van der Waals surface area contributed by atoms with Crippen molar-refractivity contribution in [2.75, 3.05) is 26.2 Å². The van der Waals surface area contributed by atoms with E-state index in [0.29, 0.717) is 24.7 Å². The van der Waals surface area contributed by atoms with Crippen LogP contribution in [-0.4, -0.2) is 42.2 Å². The zero-order chi connectivity index (χ0) is 22.9. The number of likely N-dealkylation sites (tertiary alicyclic amines) is 1. The number of carboxylic acids is 1. The van der Waals surface area contributed by atoms with Crippen molar-refractivity contribution < 1.29 is 32.5 Å². The molecule has 1 unspecified atom stereocenters. The number of nitrogens with zero attached hydrogens (tertiary/aromatic N) is 1. The molecule has 2 aromatic carbocycles. The molecule has 1 spiro atoms. The minimum atomic E-state index is -4.43. The Hall–Kier alpha value is -2.45. The number of ether oxygens (including phenoxy) is 2. The lowest BCUT2D eigenvalue weighted by Gasteiger charge is -2.39. The SMILES string of the molecule is CC(CN1CCC2(CC1)COc1cc(OCc3ccccc3C(F)(F)F)ccc12)C(=O)O.Cl. The van der Waals surface area contributed by atoms with E-state index in [4.69, 9.17) is 14.6 Å². The number of rotatable bonds is 6. The molecule has 2 aromatic rings. The van der Waals surface area contributed by atoms with Crippen LogP contribution in [-0.2, 0) is 23.0 Å². The van der Waals surface area contributed by atoms with Gasteiger partial charge in [0.1, 0.15) is 18.1 Å². The lowest BCUT2D eigenvalue weighted by atomic mass is 9.74. The Kier molecular flexibility index (Phi) is 7.49. The van der Waals surface area contributed by atoms with Gasteiger partial charge in [-0.2, -0.15) is 13.2 Å². The van der Waals surface area contributed by atoms with Crippen molar-refractivity contribution in [1.29, 1.82) is 0 Å². The van der Waals surface area contributed by atoms with E-state index in [2.05, 4.69) is 4.90 Å². The van der Waals surface area contributed by atoms with Crippen LogP contribution in [0.2, 0.25) is 0 Å². The molecule has 0 bridgehead atoms. The normalized spacial score (nSPS) is 18.2. The Morgan fingerprint density at radius 1 is 1.21 bits per heavy atom. The average Bonchev–Trinajstić information content (AvgIpc) is 3.11. The van der Waals surface area contributed by atoms with Crippen LogP contribution in [0.4, 0.5) is 13.2 Å². The molecular weight excluding hydrogens is 459 g/mol. The number of alkyl halides is 3. The zero-order valence-electron chi connectivity index (χ0n) is 18.2. The van der Waals surface area contributed by atoms with Crippen molar-refractivity contribution >= 4 is 18.4 Å². The van der Waals surface area contributed by atoms with E-state index in [0.717, 1.165) is 37.6 Å². The fourth-order valence-electron chi connectivity index (χ4n) is 4.57. The van der Waals surface area contributed by atoms with Gasteiger partial charge in [0.25, 0.3) is 0 Å². The number of carbonyl (C=O) groups is 1. The van der Waals surface area contributed by atoms with Crippen molar-refractivity contribution in [2.45, 2.75) is 38.0 Å². The number of benzene rings is 2. The summed E-state index contributed by atoms with van der Waals surface area (Å²) in [5.74, 6) is -0.0203. The number of fused-ring (bicyclic) bond motifs is 2. The van der Waals surface area contributed by atoms with Crippen molar-refractivity contribution in [3.63, 3.8) is 0 Å². The van der Waals surface area contributed by atoms with E-state index in [1.54, 1.807) is 25.1 Å². The van der Waals surface area contributed by atoms with Crippen molar-refractivity contribution in [2.24, 2.45) is 5.92 Å². The molecule has 0 aliphatic carbocycles. The van der Waals surface area contributed by atoms with Crippen LogP contribution in [0.5, 0.6) is 11.5 Å². The monoisotopic (exact) mass is 485 g/mol. The Bertz CT molecular complexity index is 990. The molecular formula is C24H27ClF3NO4. The third-order valence-electron chi connectivity index (χ3n) is 6.51. The summed E-state index contributed by atoms with van der Waals surface area (Å²) >= 11 is 0. The first-order valence-corrected chi connectivity index (χ1v) is 10.7. The Morgan fingerprint density at radius 3 is 2.58 bits per heavy atom. The summed E-state index contributed by atoms with van der Waals surface area (Å²) in [7, 11) is 0. The van der Waals surface area contributed by atoms with Gasteiger partial charge in [-0.15, -0.1) is 12.4 Å². The second-order valence-corrected chi connectivity index (χ2v) is 8.71. The summed E-state index contributed by atoms with van der Waals surface area (Å²) in [6, 6.07) is 10.9. The smallest absolute Gasteiger partial charge is 0.416 e. The summed E-state index contributed by atoms with van der Waals surface area (Å²) in [6.07, 6.45) is -2.69. The van der Waals surface area contributed by atoms with E-state index >= 15 is 0 Å². The molecule has 2 heterocycles. The summed E-state index contributed by atoms with van der Waals surface area (Å²) in [4.78, 5) is 13.3. The van der Waals surface area contributed by atoms with E-state index in [1.165, 1.54) is 12.1 Å². The Morgan fingerprint density at radius 2 is 1.91 bits per heavy atom. The van der Waals surface area contributed by atoms with Crippen LogP contribution in [0.1, 0.15) is 36.5 Å². The number of halogens is 4. The standard InChI is InChI=1S/C24H26F3NO4.ClH/c1-16(22(29)30)13-28-10-8-23(9-11-28)15-32-21-12-18(6-7-20(21)23)31-14-17-4-2-3-5-19(17)24(25,26)27;/h2-7,12,16H,8-11,13-15H2,1H3,(H,29,30);1H. The molecule has 1 saturated heterocycles. The fraction of sp³-hybridized carbons (Fsp3) is 0.458. The lowest BCUT2D eigenvalue weighted by molar-refractivity contribution is -0.142. The second kappa shape index (κ2) is 9.81. The van der Waals surface area contributed by atoms with Crippen molar-refractivity contribution in [3.8, 4) is 11.5 Å². The number of aliphatic carboxylic acids is 1. The van der Waals surface area contributed by atoms with Crippen molar-refractivity contribution in [3.05, 3.63) is 59.2 Å². The zero-order valence-corrected chi connectivity index (χ0v) is 19.0. The van der Waals surface area contributed by atoms with Crippen LogP contribution in [0, 0.1) is 5.92 Å². The highest BCUT2D eigenvalue weighted by atomic mass is 35.5. The highest BCUT2D eigenvalue weighted by molar-refractivity contribution is 5.85. The quantitative estimate of drug-likeness (QED) is 0.613. The molecule has 2 aliphatic rings. The van der Waals surface area contributed by atoms with Gasteiger partial charge < -0.3 is 19.5 Å². The minimum Gasteiger partial charge on any atom is -0.492 e. The third-order valence-corrected chi connectivity index (χ3v) is 6.51. The second-order valence-electron chi connectivity index (χ2n) is 8.71. The third kappa shape index (κ3) is 5.38. The molecule has 1 fully saturated rings. The summed E-state index contributed by atoms with van der Waals surface area (Å²) < 4.78 is 51.2. The average molecular weight is 486 g/mol. The van der Waals surface area contributed by atoms with Crippen LogP contribution >= 0.6 is 12.4 Å². The largest absolute Gasteiger partial charge is 0.492 e. The predicted octanol–water partition coefficient (Wildman–Crippen LogP) is 5.15. The highest BCUT2D eigenvalue weighted by Crippen LogP contribution is 2.46. The molecule has 0 radical (unpaired) electrons. The number of hydrogen-bond acceptors (Lipinski definition) is 4. The van der Waals surface area contributed by atoms with Gasteiger partial charge in [0, 0.05) is 29.2 Å². The Balaban J connectivity index is 0.00000306. The Labute approximate surface area is 196 Å². The maximum Gasteiger partial charge on any atom is 0.416 e. The summed E-state index contributed by atoms with van der Waals surface area (Å²) in [5.41, 5.74) is 0.368. The molecule has 5 nitrogen and oxygen atoms in total. The molecule has 4 rings (SSSR count). The maximum absolute atomic E-state index is 13.2. The topological polar surface area (TPSA) is 59.0 Å². The fourth-order valence-corrected chi connectivity index (χ4v) is 4.57. The molecule has 1 atom stereocenters.